The molecule has 1 spiro atoms. The molecule has 2 aliphatic carbocycles. The lowest BCUT2D eigenvalue weighted by atomic mass is 9.67. The van der Waals surface area contributed by atoms with E-state index in [0.717, 1.165) is 64.6 Å². The van der Waals surface area contributed by atoms with Crippen LogP contribution in [-0.4, -0.2) is 47.3 Å². The minimum absolute atomic E-state index is 0.00349. The first-order chi connectivity index (χ1) is 12.7. The predicted molar refractivity (Wildman–Crippen MR) is 99.5 cm³/mol. The van der Waals surface area contributed by atoms with Crippen molar-refractivity contribution in [3.8, 4) is 0 Å². The fourth-order valence-corrected chi connectivity index (χ4v) is 5.02. The number of benzene rings is 1. The first-order valence-corrected chi connectivity index (χ1v) is 10.3. The highest BCUT2D eigenvalue weighted by molar-refractivity contribution is 5.85. The van der Waals surface area contributed by atoms with Crippen LogP contribution in [-0.2, 0) is 9.59 Å². The molecular weight excluding hydrogens is 324 g/mol. The van der Waals surface area contributed by atoms with Crippen molar-refractivity contribution >= 4 is 11.8 Å². The molecule has 2 saturated heterocycles. The molecule has 26 heavy (non-hydrogen) atoms. The number of hydrogen-bond donors (Lipinski definition) is 0. The number of amides is 2. The summed E-state index contributed by atoms with van der Waals surface area (Å²) in [5, 5.41) is 0. The van der Waals surface area contributed by atoms with Crippen molar-refractivity contribution in [3.63, 3.8) is 0 Å². The summed E-state index contributed by atoms with van der Waals surface area (Å²) < 4.78 is 0. The minimum atomic E-state index is -0.00349. The van der Waals surface area contributed by atoms with Gasteiger partial charge in [-0.15, -0.1) is 0 Å². The second-order valence-corrected chi connectivity index (χ2v) is 8.96. The third-order valence-electron chi connectivity index (χ3n) is 6.98. The van der Waals surface area contributed by atoms with Gasteiger partial charge >= 0.3 is 0 Å². The topological polar surface area (TPSA) is 40.6 Å². The van der Waals surface area contributed by atoms with Crippen molar-refractivity contribution in [1.82, 2.24) is 9.80 Å². The third-order valence-corrected chi connectivity index (χ3v) is 6.98. The number of carbonyl (C=O) groups is 2. The summed E-state index contributed by atoms with van der Waals surface area (Å²) in [7, 11) is 0. The molecule has 1 aromatic carbocycles. The SMILES string of the molecule is O=C(C1CC1)N1CCC2(CC1)CC(c1ccccc1)C(=O)N(C1CC1)C2. The average molecular weight is 352 g/mol. The Morgan fingerprint density at radius 2 is 1.69 bits per heavy atom. The van der Waals surface area contributed by atoms with Gasteiger partial charge in [0.2, 0.25) is 11.8 Å². The zero-order valence-electron chi connectivity index (χ0n) is 15.4. The Kier molecular flexibility index (Phi) is 3.84. The van der Waals surface area contributed by atoms with Gasteiger partial charge in [0, 0.05) is 31.6 Å². The van der Waals surface area contributed by atoms with Gasteiger partial charge in [-0.25, -0.2) is 0 Å². The van der Waals surface area contributed by atoms with E-state index in [2.05, 4.69) is 21.9 Å². The maximum atomic E-state index is 13.2. The van der Waals surface area contributed by atoms with Gasteiger partial charge in [-0.3, -0.25) is 9.59 Å². The second-order valence-electron chi connectivity index (χ2n) is 8.96. The lowest BCUT2D eigenvalue weighted by molar-refractivity contribution is -0.145. The van der Waals surface area contributed by atoms with Crippen LogP contribution in [0, 0.1) is 11.3 Å². The molecule has 4 aliphatic rings. The molecule has 0 N–H and O–H groups in total. The summed E-state index contributed by atoms with van der Waals surface area (Å²) in [6.45, 7) is 2.67. The lowest BCUT2D eigenvalue weighted by Crippen LogP contribution is -2.55. The van der Waals surface area contributed by atoms with Crippen molar-refractivity contribution < 1.29 is 9.59 Å². The van der Waals surface area contributed by atoms with E-state index in [-0.39, 0.29) is 11.3 Å². The van der Waals surface area contributed by atoms with Gasteiger partial charge in [0.15, 0.2) is 0 Å². The summed E-state index contributed by atoms with van der Waals surface area (Å²) >= 11 is 0. The highest BCUT2D eigenvalue weighted by Gasteiger charge is 2.50. The largest absolute Gasteiger partial charge is 0.342 e. The molecule has 2 saturated carbocycles. The molecule has 4 nitrogen and oxygen atoms in total. The van der Waals surface area contributed by atoms with Crippen molar-refractivity contribution in [3.05, 3.63) is 35.9 Å². The number of likely N-dealkylation sites (tertiary alicyclic amines) is 2. The van der Waals surface area contributed by atoms with Crippen LogP contribution in [0.2, 0.25) is 0 Å². The summed E-state index contributed by atoms with van der Waals surface area (Å²) in [5.41, 5.74) is 1.36. The molecule has 4 fully saturated rings. The molecule has 2 aliphatic heterocycles. The molecule has 1 aromatic rings. The standard InChI is InChI=1S/C22H28N2O2/c25-20(17-6-7-17)23-12-10-22(11-13-23)14-19(16-4-2-1-3-5-16)21(26)24(15-22)18-8-9-18/h1-5,17-19H,6-15H2. The number of nitrogens with zero attached hydrogens (tertiary/aromatic N) is 2. The maximum absolute atomic E-state index is 13.2. The second kappa shape index (κ2) is 6.11. The molecular formula is C22H28N2O2. The first kappa shape index (κ1) is 16.3. The summed E-state index contributed by atoms with van der Waals surface area (Å²) in [6.07, 6.45) is 7.54. The van der Waals surface area contributed by atoms with Crippen LogP contribution in [0.5, 0.6) is 0 Å². The highest BCUT2D eigenvalue weighted by Crippen LogP contribution is 2.48. The molecule has 2 heterocycles. The van der Waals surface area contributed by atoms with Crippen LogP contribution in [0.4, 0.5) is 0 Å². The molecule has 138 valence electrons. The van der Waals surface area contributed by atoms with Gasteiger partial charge in [0.1, 0.15) is 0 Å². The van der Waals surface area contributed by atoms with Gasteiger partial charge in [-0.05, 0) is 55.9 Å². The van der Waals surface area contributed by atoms with Gasteiger partial charge < -0.3 is 9.80 Å². The van der Waals surface area contributed by atoms with Crippen molar-refractivity contribution in [1.29, 1.82) is 0 Å². The molecule has 0 aromatic heterocycles. The summed E-state index contributed by atoms with van der Waals surface area (Å²) in [4.78, 5) is 29.9. The molecule has 2 amide bonds. The number of rotatable bonds is 3. The molecule has 4 heteroatoms. The van der Waals surface area contributed by atoms with E-state index in [4.69, 9.17) is 0 Å². The van der Waals surface area contributed by atoms with Crippen molar-refractivity contribution in [2.75, 3.05) is 19.6 Å². The number of hydrogen-bond acceptors (Lipinski definition) is 2. The highest BCUT2D eigenvalue weighted by atomic mass is 16.2. The zero-order chi connectivity index (χ0) is 17.7. The van der Waals surface area contributed by atoms with Gasteiger partial charge in [-0.2, -0.15) is 0 Å². The molecule has 0 radical (unpaired) electrons. The summed E-state index contributed by atoms with van der Waals surface area (Å²) in [6, 6.07) is 10.8. The Labute approximate surface area is 155 Å². The Morgan fingerprint density at radius 1 is 1.00 bits per heavy atom. The van der Waals surface area contributed by atoms with E-state index < -0.39 is 0 Å². The maximum Gasteiger partial charge on any atom is 0.230 e. The van der Waals surface area contributed by atoms with Crippen molar-refractivity contribution in [2.24, 2.45) is 11.3 Å². The van der Waals surface area contributed by atoms with Gasteiger partial charge in [0.25, 0.3) is 0 Å². The molecule has 1 unspecified atom stereocenters. The Morgan fingerprint density at radius 3 is 2.31 bits per heavy atom. The first-order valence-electron chi connectivity index (χ1n) is 10.3. The average Bonchev–Trinajstić information content (AvgIpc) is 3.57. The molecule has 5 rings (SSSR count). The van der Waals surface area contributed by atoms with E-state index in [1.165, 1.54) is 5.56 Å². The lowest BCUT2D eigenvalue weighted by Gasteiger charge is -2.50. The van der Waals surface area contributed by atoms with Crippen molar-refractivity contribution in [2.45, 2.75) is 56.9 Å². The monoisotopic (exact) mass is 352 g/mol. The zero-order valence-corrected chi connectivity index (χ0v) is 15.4. The van der Waals surface area contributed by atoms with Gasteiger partial charge in [0.05, 0.1) is 5.92 Å². The number of carbonyl (C=O) groups excluding carboxylic acids is 2. The quantitative estimate of drug-likeness (QED) is 0.838. The van der Waals surface area contributed by atoms with E-state index in [1.54, 1.807) is 0 Å². The Hall–Kier alpha value is -1.84. The fourth-order valence-electron chi connectivity index (χ4n) is 5.02. The smallest absolute Gasteiger partial charge is 0.230 e. The minimum Gasteiger partial charge on any atom is -0.342 e. The predicted octanol–water partition coefficient (Wildman–Crippen LogP) is 3.18. The third kappa shape index (κ3) is 2.93. The van der Waals surface area contributed by atoms with Crippen LogP contribution < -0.4 is 0 Å². The summed E-state index contributed by atoms with van der Waals surface area (Å²) in [5.74, 6) is 1.03. The van der Waals surface area contributed by atoms with Crippen LogP contribution >= 0.6 is 0 Å². The normalized spacial score (nSPS) is 28.5. The molecule has 0 bridgehead atoms. The van der Waals surface area contributed by atoms with E-state index in [9.17, 15) is 9.59 Å². The fraction of sp³-hybridized carbons (Fsp3) is 0.636. The van der Waals surface area contributed by atoms with E-state index in [1.807, 2.05) is 18.2 Å². The van der Waals surface area contributed by atoms with Gasteiger partial charge in [-0.1, -0.05) is 30.3 Å². The molecule has 1 atom stereocenters. The van der Waals surface area contributed by atoms with Crippen LogP contribution in [0.15, 0.2) is 30.3 Å². The van der Waals surface area contributed by atoms with E-state index in [0.29, 0.717) is 23.8 Å². The van der Waals surface area contributed by atoms with Crippen LogP contribution in [0.25, 0.3) is 0 Å². The Balaban J connectivity index is 1.36. The van der Waals surface area contributed by atoms with Crippen LogP contribution in [0.3, 0.4) is 0 Å². The van der Waals surface area contributed by atoms with Crippen LogP contribution in [0.1, 0.15) is 56.4 Å². The number of piperidine rings is 2. The van der Waals surface area contributed by atoms with E-state index >= 15 is 0 Å². The Bertz CT molecular complexity index is 700.